The fraction of sp³-hybridized carbons (Fsp3) is 0.500. The zero-order valence-electron chi connectivity index (χ0n) is 11.4. The Bertz CT molecular complexity index is 460. The van der Waals surface area contributed by atoms with E-state index in [9.17, 15) is 4.79 Å². The number of hydrogen-bond acceptors (Lipinski definition) is 4. The molecule has 2 unspecified atom stereocenters. The highest BCUT2D eigenvalue weighted by Gasteiger charge is 2.23. The first-order valence-corrected chi connectivity index (χ1v) is 6.67. The second-order valence-electron chi connectivity index (χ2n) is 5.01. The summed E-state index contributed by atoms with van der Waals surface area (Å²) >= 11 is 0. The summed E-state index contributed by atoms with van der Waals surface area (Å²) in [6.45, 7) is 4.61. The molecule has 19 heavy (non-hydrogen) atoms. The number of ether oxygens (including phenoxy) is 1. The van der Waals surface area contributed by atoms with Gasteiger partial charge in [0.05, 0.1) is 5.69 Å². The van der Waals surface area contributed by atoms with Gasteiger partial charge in [0, 0.05) is 18.3 Å². The Hall–Kier alpha value is -1.75. The summed E-state index contributed by atoms with van der Waals surface area (Å²) in [5.74, 6) is 0.606. The van der Waals surface area contributed by atoms with Crippen LogP contribution in [0.1, 0.15) is 26.7 Å². The van der Waals surface area contributed by atoms with Crippen LogP contribution in [-0.4, -0.2) is 24.6 Å². The van der Waals surface area contributed by atoms with Gasteiger partial charge >= 0.3 is 0 Å². The molecule has 1 aromatic carbocycles. The fourth-order valence-electron chi connectivity index (χ4n) is 1.98. The lowest BCUT2D eigenvalue weighted by atomic mass is 10.2. The molecule has 0 saturated carbocycles. The zero-order chi connectivity index (χ0) is 13.8. The first-order chi connectivity index (χ1) is 9.06. The quantitative estimate of drug-likeness (QED) is 0.710. The monoisotopic (exact) mass is 263 g/mol. The van der Waals surface area contributed by atoms with E-state index in [0.717, 1.165) is 30.8 Å². The van der Waals surface area contributed by atoms with Gasteiger partial charge in [0.1, 0.15) is 5.75 Å². The van der Waals surface area contributed by atoms with Crippen molar-refractivity contribution < 1.29 is 9.53 Å². The molecule has 1 aliphatic rings. The van der Waals surface area contributed by atoms with Crippen LogP contribution in [0.3, 0.4) is 0 Å². The van der Waals surface area contributed by atoms with Crippen LogP contribution in [0, 0.1) is 0 Å². The van der Waals surface area contributed by atoms with E-state index < -0.39 is 6.10 Å². The molecular formula is C14H21N3O2. The Labute approximate surface area is 113 Å². The number of nitrogens with two attached hydrogens (primary N) is 1. The van der Waals surface area contributed by atoms with Crippen molar-refractivity contribution in [1.82, 2.24) is 0 Å². The number of fused-ring (bicyclic) bond motifs is 1. The molecule has 1 heterocycles. The van der Waals surface area contributed by atoms with Crippen molar-refractivity contribution >= 4 is 17.3 Å². The molecule has 4 N–H and O–H groups in total. The van der Waals surface area contributed by atoms with Crippen molar-refractivity contribution in [3.05, 3.63) is 18.2 Å². The maximum atomic E-state index is 11.5. The summed E-state index contributed by atoms with van der Waals surface area (Å²) in [4.78, 5) is 11.5. The second-order valence-corrected chi connectivity index (χ2v) is 5.01. The predicted octanol–water partition coefficient (Wildman–Crippen LogP) is 1.95. The largest absolute Gasteiger partial charge is 0.479 e. The summed E-state index contributed by atoms with van der Waals surface area (Å²) in [6, 6.07) is 5.96. The van der Waals surface area contributed by atoms with Gasteiger partial charge in [-0.1, -0.05) is 0 Å². The molecule has 5 heteroatoms. The van der Waals surface area contributed by atoms with Gasteiger partial charge in [-0.2, -0.15) is 0 Å². The normalized spacial score (nSPS) is 19.1. The lowest BCUT2D eigenvalue weighted by molar-refractivity contribution is -0.122. The maximum Gasteiger partial charge on any atom is 0.265 e. The number of anilines is 2. The standard InChI is InChI=1S/C14H21N3O2/c1-9(15)4-3-7-16-11-5-6-13-12(8-11)17-14(18)10(2)19-13/h5-6,8-10,16H,3-4,7,15H2,1-2H3,(H,17,18). The number of hydrogen-bond donors (Lipinski definition) is 3. The van der Waals surface area contributed by atoms with Crippen molar-refractivity contribution in [1.29, 1.82) is 0 Å². The first kappa shape index (κ1) is 13.7. The van der Waals surface area contributed by atoms with Gasteiger partial charge in [-0.05, 0) is 44.9 Å². The van der Waals surface area contributed by atoms with Crippen LogP contribution in [0.4, 0.5) is 11.4 Å². The van der Waals surface area contributed by atoms with Gasteiger partial charge in [-0.3, -0.25) is 4.79 Å². The molecule has 5 nitrogen and oxygen atoms in total. The van der Waals surface area contributed by atoms with Crippen LogP contribution >= 0.6 is 0 Å². The SMILES string of the molecule is CC(N)CCCNc1ccc2c(c1)NC(=O)C(C)O2. The average Bonchev–Trinajstić information content (AvgIpc) is 2.36. The zero-order valence-corrected chi connectivity index (χ0v) is 11.4. The molecule has 0 radical (unpaired) electrons. The summed E-state index contributed by atoms with van der Waals surface area (Å²) in [6.07, 6.45) is 1.58. The Morgan fingerprint density at radius 3 is 3.05 bits per heavy atom. The van der Waals surface area contributed by atoms with Crippen LogP contribution in [0.5, 0.6) is 5.75 Å². The van der Waals surface area contributed by atoms with Crippen LogP contribution in [0.2, 0.25) is 0 Å². The number of carbonyl (C=O) groups is 1. The van der Waals surface area contributed by atoms with Crippen LogP contribution in [0.25, 0.3) is 0 Å². The van der Waals surface area contributed by atoms with Crippen molar-refractivity contribution in [2.24, 2.45) is 5.73 Å². The van der Waals surface area contributed by atoms with Gasteiger partial charge in [0.15, 0.2) is 6.10 Å². The third-order valence-electron chi connectivity index (χ3n) is 3.08. The molecule has 2 rings (SSSR count). The molecule has 1 aromatic rings. The number of benzene rings is 1. The van der Waals surface area contributed by atoms with Crippen LogP contribution in [0.15, 0.2) is 18.2 Å². The molecule has 0 saturated heterocycles. The highest BCUT2D eigenvalue weighted by molar-refractivity contribution is 5.98. The van der Waals surface area contributed by atoms with Crippen LogP contribution in [-0.2, 0) is 4.79 Å². The van der Waals surface area contributed by atoms with E-state index in [1.165, 1.54) is 0 Å². The molecule has 0 aliphatic carbocycles. The van der Waals surface area contributed by atoms with Gasteiger partial charge in [-0.25, -0.2) is 0 Å². The van der Waals surface area contributed by atoms with Crippen molar-refractivity contribution in [2.45, 2.75) is 38.8 Å². The highest BCUT2D eigenvalue weighted by Crippen LogP contribution is 2.32. The molecule has 0 bridgehead atoms. The summed E-state index contributed by atoms with van der Waals surface area (Å²) in [7, 11) is 0. The molecule has 0 aromatic heterocycles. The Kier molecular flexibility index (Phi) is 4.27. The average molecular weight is 263 g/mol. The number of amides is 1. The van der Waals surface area contributed by atoms with Crippen molar-refractivity contribution in [3.63, 3.8) is 0 Å². The smallest absolute Gasteiger partial charge is 0.265 e. The Morgan fingerprint density at radius 1 is 1.53 bits per heavy atom. The van der Waals surface area contributed by atoms with E-state index in [1.807, 2.05) is 25.1 Å². The Morgan fingerprint density at radius 2 is 2.32 bits per heavy atom. The molecule has 1 aliphatic heterocycles. The predicted molar refractivity (Wildman–Crippen MR) is 76.5 cm³/mol. The number of carbonyl (C=O) groups excluding carboxylic acids is 1. The minimum Gasteiger partial charge on any atom is -0.479 e. The first-order valence-electron chi connectivity index (χ1n) is 6.67. The molecule has 104 valence electrons. The van der Waals surface area contributed by atoms with Gasteiger partial charge < -0.3 is 21.1 Å². The Balaban J connectivity index is 1.94. The van der Waals surface area contributed by atoms with E-state index >= 15 is 0 Å². The molecule has 0 fully saturated rings. The molecule has 0 spiro atoms. The van der Waals surface area contributed by atoms with Gasteiger partial charge in [-0.15, -0.1) is 0 Å². The summed E-state index contributed by atoms with van der Waals surface area (Å²) in [5.41, 5.74) is 7.40. The van der Waals surface area contributed by atoms with Crippen molar-refractivity contribution in [2.75, 3.05) is 17.2 Å². The lowest BCUT2D eigenvalue weighted by Crippen LogP contribution is -2.34. The summed E-state index contributed by atoms with van der Waals surface area (Å²) in [5, 5.41) is 6.15. The second kappa shape index (κ2) is 5.93. The lowest BCUT2D eigenvalue weighted by Gasteiger charge is -2.23. The van der Waals surface area contributed by atoms with E-state index in [4.69, 9.17) is 10.5 Å². The van der Waals surface area contributed by atoms with E-state index in [-0.39, 0.29) is 11.9 Å². The van der Waals surface area contributed by atoms with Gasteiger partial charge in [0.25, 0.3) is 5.91 Å². The topological polar surface area (TPSA) is 76.4 Å². The van der Waals surface area contributed by atoms with Crippen LogP contribution < -0.4 is 21.1 Å². The van der Waals surface area contributed by atoms with E-state index in [0.29, 0.717) is 5.75 Å². The maximum absolute atomic E-state index is 11.5. The summed E-state index contributed by atoms with van der Waals surface area (Å²) < 4.78 is 5.50. The third kappa shape index (κ3) is 3.61. The minimum absolute atomic E-state index is 0.110. The van der Waals surface area contributed by atoms with Gasteiger partial charge in [0.2, 0.25) is 0 Å². The van der Waals surface area contributed by atoms with E-state index in [2.05, 4.69) is 10.6 Å². The molecular weight excluding hydrogens is 242 g/mol. The van der Waals surface area contributed by atoms with E-state index in [1.54, 1.807) is 6.92 Å². The highest BCUT2D eigenvalue weighted by atomic mass is 16.5. The minimum atomic E-state index is -0.433. The molecule has 1 amide bonds. The number of rotatable bonds is 5. The molecule has 2 atom stereocenters. The third-order valence-corrected chi connectivity index (χ3v) is 3.08. The number of nitrogens with one attached hydrogen (secondary N) is 2. The fourth-order valence-corrected chi connectivity index (χ4v) is 1.98. The van der Waals surface area contributed by atoms with Crippen molar-refractivity contribution in [3.8, 4) is 5.75 Å².